The molecule has 1 heterocycles. The molecule has 0 aromatic carbocycles. The Hall–Kier alpha value is -1.96. The normalized spacial score (nSPS) is 12.1. The van der Waals surface area contributed by atoms with Crippen LogP contribution in [0.3, 0.4) is 0 Å². The zero-order chi connectivity index (χ0) is 12.8. The van der Waals surface area contributed by atoms with Crippen LogP contribution in [-0.4, -0.2) is 37.8 Å². The van der Waals surface area contributed by atoms with E-state index in [9.17, 15) is 9.59 Å². The number of carboxylic acids is 1. The van der Waals surface area contributed by atoms with Crippen molar-refractivity contribution >= 4 is 11.9 Å². The average molecular weight is 241 g/mol. The molecule has 1 aromatic rings. The summed E-state index contributed by atoms with van der Waals surface area (Å²) in [5.41, 5.74) is 5.51. The topological polar surface area (TPSA) is 123 Å². The van der Waals surface area contributed by atoms with E-state index in [0.29, 0.717) is 5.82 Å². The fourth-order valence-electron chi connectivity index (χ4n) is 1.17. The summed E-state index contributed by atoms with van der Waals surface area (Å²) in [5, 5.41) is 15.0. The van der Waals surface area contributed by atoms with Crippen LogP contribution in [0.2, 0.25) is 0 Å². The molecule has 1 unspecified atom stereocenters. The van der Waals surface area contributed by atoms with Gasteiger partial charge in [0.1, 0.15) is 6.33 Å². The Labute approximate surface area is 97.8 Å². The van der Waals surface area contributed by atoms with Crippen LogP contribution in [0.25, 0.3) is 0 Å². The summed E-state index contributed by atoms with van der Waals surface area (Å²) in [4.78, 5) is 25.7. The van der Waals surface area contributed by atoms with Gasteiger partial charge in [0.25, 0.3) is 0 Å². The standard InChI is InChI=1S/C9H15N5O3/c1-14-5-12-7(13-14)4-11-9(17)6(10)2-3-8(15)16/h5-6H,2-4,10H2,1H3,(H,11,17)(H,15,16). The lowest BCUT2D eigenvalue weighted by Gasteiger charge is -2.09. The van der Waals surface area contributed by atoms with Crippen LogP contribution < -0.4 is 11.1 Å². The summed E-state index contributed by atoms with van der Waals surface area (Å²) in [5.74, 6) is -0.898. The van der Waals surface area contributed by atoms with Crippen molar-refractivity contribution in [1.82, 2.24) is 20.1 Å². The molecule has 1 atom stereocenters. The van der Waals surface area contributed by atoms with Crippen LogP contribution in [-0.2, 0) is 23.2 Å². The summed E-state index contributed by atoms with van der Waals surface area (Å²) in [7, 11) is 1.72. The van der Waals surface area contributed by atoms with Gasteiger partial charge < -0.3 is 16.2 Å². The number of nitrogens with zero attached hydrogens (tertiary/aromatic N) is 3. The molecule has 1 aromatic heterocycles. The molecule has 94 valence electrons. The first-order valence-corrected chi connectivity index (χ1v) is 5.08. The summed E-state index contributed by atoms with van der Waals surface area (Å²) >= 11 is 0. The number of carbonyl (C=O) groups excluding carboxylic acids is 1. The molecule has 0 bridgehead atoms. The van der Waals surface area contributed by atoms with Gasteiger partial charge in [0, 0.05) is 13.5 Å². The fraction of sp³-hybridized carbons (Fsp3) is 0.556. The third-order valence-electron chi connectivity index (χ3n) is 2.07. The molecule has 8 heteroatoms. The van der Waals surface area contributed by atoms with Gasteiger partial charge in [-0.2, -0.15) is 5.10 Å². The first-order chi connectivity index (χ1) is 7.99. The first kappa shape index (κ1) is 13.1. The maximum atomic E-state index is 11.4. The molecule has 0 radical (unpaired) electrons. The number of nitrogens with two attached hydrogens (primary N) is 1. The van der Waals surface area contributed by atoms with Gasteiger partial charge in [-0.1, -0.05) is 0 Å². The molecule has 0 aliphatic heterocycles. The molecule has 0 fully saturated rings. The zero-order valence-corrected chi connectivity index (χ0v) is 9.46. The van der Waals surface area contributed by atoms with Crippen LogP contribution in [0.1, 0.15) is 18.7 Å². The Kier molecular flexibility index (Phi) is 4.58. The lowest BCUT2D eigenvalue weighted by molar-refractivity contribution is -0.137. The summed E-state index contributed by atoms with van der Waals surface area (Å²) in [6.07, 6.45) is 1.50. The van der Waals surface area contributed by atoms with E-state index < -0.39 is 17.9 Å². The van der Waals surface area contributed by atoms with Crippen LogP contribution in [0.5, 0.6) is 0 Å². The number of nitrogens with one attached hydrogen (secondary N) is 1. The summed E-state index contributed by atoms with van der Waals surface area (Å²) in [6.45, 7) is 0.181. The molecule has 0 aliphatic carbocycles. The minimum Gasteiger partial charge on any atom is -0.481 e. The maximum absolute atomic E-state index is 11.4. The number of hydrogen-bond acceptors (Lipinski definition) is 5. The number of amides is 1. The molecule has 1 amide bonds. The average Bonchev–Trinajstić information content (AvgIpc) is 2.68. The van der Waals surface area contributed by atoms with Crippen LogP contribution in [0.4, 0.5) is 0 Å². The molecule has 0 saturated heterocycles. The van der Waals surface area contributed by atoms with E-state index >= 15 is 0 Å². The second kappa shape index (κ2) is 5.94. The number of aliphatic carboxylic acids is 1. The van der Waals surface area contributed by atoms with Crippen molar-refractivity contribution in [3.63, 3.8) is 0 Å². The van der Waals surface area contributed by atoms with E-state index in [0.717, 1.165) is 0 Å². The molecule has 17 heavy (non-hydrogen) atoms. The van der Waals surface area contributed by atoms with Gasteiger partial charge in [0.05, 0.1) is 12.6 Å². The number of aromatic nitrogens is 3. The highest BCUT2D eigenvalue weighted by Crippen LogP contribution is 1.95. The summed E-state index contributed by atoms with van der Waals surface area (Å²) < 4.78 is 1.52. The highest BCUT2D eigenvalue weighted by atomic mass is 16.4. The van der Waals surface area contributed by atoms with Crippen molar-refractivity contribution in [3.8, 4) is 0 Å². The maximum Gasteiger partial charge on any atom is 0.303 e. The molecule has 0 aliphatic rings. The van der Waals surface area contributed by atoms with E-state index in [-0.39, 0.29) is 19.4 Å². The third kappa shape index (κ3) is 4.60. The second-order valence-electron chi connectivity index (χ2n) is 3.59. The SMILES string of the molecule is Cn1cnc(CNC(=O)C(N)CCC(=O)O)n1. The molecular weight excluding hydrogens is 226 g/mol. The molecule has 8 nitrogen and oxygen atoms in total. The van der Waals surface area contributed by atoms with Gasteiger partial charge in [-0.15, -0.1) is 0 Å². The highest BCUT2D eigenvalue weighted by molar-refractivity contribution is 5.82. The van der Waals surface area contributed by atoms with E-state index in [1.807, 2.05) is 0 Å². The zero-order valence-electron chi connectivity index (χ0n) is 9.46. The smallest absolute Gasteiger partial charge is 0.303 e. The van der Waals surface area contributed by atoms with E-state index in [2.05, 4.69) is 15.4 Å². The van der Waals surface area contributed by atoms with E-state index in [1.54, 1.807) is 7.05 Å². The van der Waals surface area contributed by atoms with Crippen LogP contribution in [0.15, 0.2) is 6.33 Å². The van der Waals surface area contributed by atoms with Gasteiger partial charge in [-0.25, -0.2) is 4.98 Å². The van der Waals surface area contributed by atoms with Gasteiger partial charge in [0.15, 0.2) is 5.82 Å². The lowest BCUT2D eigenvalue weighted by Crippen LogP contribution is -2.40. The molecular formula is C9H15N5O3. The monoisotopic (exact) mass is 241 g/mol. The Bertz CT molecular complexity index is 403. The molecule has 4 N–H and O–H groups in total. The van der Waals surface area contributed by atoms with Crippen molar-refractivity contribution < 1.29 is 14.7 Å². The number of rotatable bonds is 6. The predicted octanol–water partition coefficient (Wildman–Crippen LogP) is -1.38. The van der Waals surface area contributed by atoms with Crippen LogP contribution in [0, 0.1) is 0 Å². The fourth-order valence-corrected chi connectivity index (χ4v) is 1.17. The van der Waals surface area contributed by atoms with Crippen molar-refractivity contribution in [1.29, 1.82) is 0 Å². The Balaban J connectivity index is 2.31. The quantitative estimate of drug-likeness (QED) is 0.564. The molecule has 0 spiro atoms. The van der Waals surface area contributed by atoms with Crippen molar-refractivity contribution in [2.45, 2.75) is 25.4 Å². The van der Waals surface area contributed by atoms with Crippen molar-refractivity contribution in [3.05, 3.63) is 12.2 Å². The number of aryl methyl sites for hydroxylation is 1. The predicted molar refractivity (Wildman–Crippen MR) is 57.7 cm³/mol. The van der Waals surface area contributed by atoms with E-state index in [4.69, 9.17) is 10.8 Å². The van der Waals surface area contributed by atoms with Gasteiger partial charge in [0.2, 0.25) is 5.91 Å². The third-order valence-corrected chi connectivity index (χ3v) is 2.07. The summed E-state index contributed by atoms with van der Waals surface area (Å²) in [6, 6.07) is -0.824. The molecule has 1 rings (SSSR count). The number of hydrogen-bond donors (Lipinski definition) is 3. The first-order valence-electron chi connectivity index (χ1n) is 5.08. The number of carbonyl (C=O) groups is 2. The van der Waals surface area contributed by atoms with E-state index in [1.165, 1.54) is 11.0 Å². The lowest BCUT2D eigenvalue weighted by atomic mass is 10.1. The Morgan fingerprint density at radius 1 is 1.65 bits per heavy atom. The Morgan fingerprint density at radius 2 is 2.35 bits per heavy atom. The van der Waals surface area contributed by atoms with Gasteiger partial charge in [-0.3, -0.25) is 14.3 Å². The minimum atomic E-state index is -0.973. The second-order valence-corrected chi connectivity index (χ2v) is 3.59. The molecule has 0 saturated carbocycles. The largest absolute Gasteiger partial charge is 0.481 e. The van der Waals surface area contributed by atoms with Gasteiger partial charge in [-0.05, 0) is 6.42 Å². The van der Waals surface area contributed by atoms with Crippen molar-refractivity contribution in [2.24, 2.45) is 12.8 Å². The van der Waals surface area contributed by atoms with Gasteiger partial charge >= 0.3 is 5.97 Å². The van der Waals surface area contributed by atoms with Crippen LogP contribution >= 0.6 is 0 Å². The highest BCUT2D eigenvalue weighted by Gasteiger charge is 2.14. The Morgan fingerprint density at radius 3 is 2.88 bits per heavy atom. The minimum absolute atomic E-state index is 0.108. The number of carboxylic acid groups (broad SMARTS) is 1. The van der Waals surface area contributed by atoms with Crippen molar-refractivity contribution in [2.75, 3.05) is 0 Å².